The number of aromatic nitrogens is 1. The molecule has 2 N–H and O–H groups in total. The van der Waals surface area contributed by atoms with E-state index >= 15 is 0 Å². The monoisotopic (exact) mass is 296 g/mol. The van der Waals surface area contributed by atoms with Crippen LogP contribution in [0.15, 0.2) is 28.3 Å². The zero-order chi connectivity index (χ0) is 13.5. The van der Waals surface area contributed by atoms with Crippen molar-refractivity contribution in [2.75, 3.05) is 30.3 Å². The van der Waals surface area contributed by atoms with Crippen LogP contribution in [0.1, 0.15) is 12.5 Å². The maximum atomic E-state index is 6.04. The molecule has 0 radical (unpaired) electrons. The lowest BCUT2D eigenvalue weighted by Gasteiger charge is -2.27. The summed E-state index contributed by atoms with van der Waals surface area (Å²) in [6.07, 6.45) is 1.84. The molecule has 1 aromatic rings. The van der Waals surface area contributed by atoms with Crippen LogP contribution >= 0.6 is 23.5 Å². The zero-order valence-electron chi connectivity index (χ0n) is 11.2. The van der Waals surface area contributed by atoms with Gasteiger partial charge in [0.05, 0.1) is 11.6 Å². The number of aliphatic imine (C=N–C) groups is 1. The molecule has 19 heavy (non-hydrogen) atoms. The Hall–Kier alpha value is -0.880. The highest BCUT2D eigenvalue weighted by molar-refractivity contribution is 7.99. The molecule has 0 bridgehead atoms. The van der Waals surface area contributed by atoms with Gasteiger partial charge in [-0.2, -0.15) is 11.8 Å². The number of nitrogens with two attached hydrogens (primary N) is 1. The molecule has 0 amide bonds. The van der Waals surface area contributed by atoms with E-state index in [4.69, 9.17) is 5.73 Å². The van der Waals surface area contributed by atoms with Crippen LogP contribution in [0.4, 0.5) is 0 Å². The summed E-state index contributed by atoms with van der Waals surface area (Å²) in [5, 5.41) is 1.06. The Kier molecular flexibility index (Phi) is 5.85. The van der Waals surface area contributed by atoms with Gasteiger partial charge in [-0.25, -0.2) is 9.98 Å². The van der Waals surface area contributed by atoms with Gasteiger partial charge in [0.1, 0.15) is 0 Å². The van der Waals surface area contributed by atoms with Crippen LogP contribution < -0.4 is 5.73 Å². The van der Waals surface area contributed by atoms with Crippen molar-refractivity contribution in [1.29, 1.82) is 0 Å². The van der Waals surface area contributed by atoms with E-state index in [-0.39, 0.29) is 0 Å². The topological polar surface area (TPSA) is 54.5 Å². The maximum absolute atomic E-state index is 6.04. The second-order valence-electron chi connectivity index (χ2n) is 4.21. The standard InChI is InChI=1S/C13H20N4S2/c1-2-19-12-9-11(3-4-15-12)10-16-13(14)17-5-7-18-8-6-17/h3-4,9H,2,5-8,10H2,1H3,(H2,14,16). The van der Waals surface area contributed by atoms with Crippen molar-refractivity contribution in [2.24, 2.45) is 10.7 Å². The summed E-state index contributed by atoms with van der Waals surface area (Å²) in [5.74, 6) is 3.99. The fraction of sp³-hybridized carbons (Fsp3) is 0.538. The highest BCUT2D eigenvalue weighted by Gasteiger charge is 2.11. The van der Waals surface area contributed by atoms with Crippen molar-refractivity contribution in [3.05, 3.63) is 23.9 Å². The number of nitrogens with zero attached hydrogens (tertiary/aromatic N) is 3. The molecule has 0 spiro atoms. The Balaban J connectivity index is 1.94. The third kappa shape index (κ3) is 4.62. The first-order valence-corrected chi connectivity index (χ1v) is 8.64. The van der Waals surface area contributed by atoms with Crippen molar-refractivity contribution in [1.82, 2.24) is 9.88 Å². The maximum Gasteiger partial charge on any atom is 0.191 e. The van der Waals surface area contributed by atoms with Gasteiger partial charge in [-0.05, 0) is 23.4 Å². The van der Waals surface area contributed by atoms with E-state index in [1.807, 2.05) is 24.0 Å². The van der Waals surface area contributed by atoms with Gasteiger partial charge >= 0.3 is 0 Å². The van der Waals surface area contributed by atoms with Crippen LogP contribution in [0.3, 0.4) is 0 Å². The molecule has 1 aromatic heterocycles. The molecule has 2 rings (SSSR count). The second kappa shape index (κ2) is 7.65. The zero-order valence-corrected chi connectivity index (χ0v) is 12.8. The first-order chi connectivity index (χ1) is 9.29. The Bertz CT molecular complexity index is 430. The lowest BCUT2D eigenvalue weighted by molar-refractivity contribution is 0.455. The SMILES string of the molecule is CCSc1cc(CN=C(N)N2CCSCC2)ccn1. The first-order valence-electron chi connectivity index (χ1n) is 6.50. The molecule has 6 heteroatoms. The molecule has 1 fully saturated rings. The van der Waals surface area contributed by atoms with E-state index in [1.165, 1.54) is 5.56 Å². The molecule has 4 nitrogen and oxygen atoms in total. The average molecular weight is 296 g/mol. The molecule has 104 valence electrons. The predicted octanol–water partition coefficient (Wildman–Crippen LogP) is 2.06. The fourth-order valence-electron chi connectivity index (χ4n) is 1.84. The minimum atomic E-state index is 0.634. The van der Waals surface area contributed by atoms with Gasteiger partial charge < -0.3 is 10.6 Å². The van der Waals surface area contributed by atoms with Crippen molar-refractivity contribution in [3.8, 4) is 0 Å². The van der Waals surface area contributed by atoms with E-state index in [9.17, 15) is 0 Å². The number of guanidine groups is 1. The Morgan fingerprint density at radius 3 is 3.05 bits per heavy atom. The molecule has 0 unspecified atom stereocenters. The molecular weight excluding hydrogens is 276 g/mol. The normalized spacial score (nSPS) is 16.7. The van der Waals surface area contributed by atoms with Crippen LogP contribution in [0.5, 0.6) is 0 Å². The summed E-state index contributed by atoms with van der Waals surface area (Å²) < 4.78 is 0. The van der Waals surface area contributed by atoms with Crippen LogP contribution in [0, 0.1) is 0 Å². The minimum absolute atomic E-state index is 0.634. The highest BCUT2D eigenvalue weighted by atomic mass is 32.2. The van der Waals surface area contributed by atoms with Crippen molar-refractivity contribution < 1.29 is 0 Å². The number of thioether (sulfide) groups is 2. The van der Waals surface area contributed by atoms with E-state index in [0.29, 0.717) is 12.5 Å². The summed E-state index contributed by atoms with van der Waals surface area (Å²) in [6.45, 7) is 4.78. The van der Waals surface area contributed by atoms with Gasteiger partial charge in [-0.15, -0.1) is 11.8 Å². The molecule has 0 atom stereocenters. The first kappa shape index (κ1) is 14.5. The quantitative estimate of drug-likeness (QED) is 0.523. The van der Waals surface area contributed by atoms with Crippen LogP contribution in [-0.4, -0.2) is 46.2 Å². The second-order valence-corrected chi connectivity index (χ2v) is 6.72. The summed E-state index contributed by atoms with van der Waals surface area (Å²) in [5.41, 5.74) is 7.21. The van der Waals surface area contributed by atoms with Gasteiger partial charge in [-0.3, -0.25) is 0 Å². The minimum Gasteiger partial charge on any atom is -0.370 e. The molecule has 0 aliphatic carbocycles. The van der Waals surface area contributed by atoms with Gasteiger partial charge in [-0.1, -0.05) is 6.92 Å². The summed E-state index contributed by atoms with van der Waals surface area (Å²) in [6, 6.07) is 4.10. The van der Waals surface area contributed by atoms with E-state index in [2.05, 4.69) is 27.9 Å². The average Bonchev–Trinajstić information content (AvgIpc) is 2.46. The van der Waals surface area contributed by atoms with E-state index in [1.54, 1.807) is 11.8 Å². The number of pyridine rings is 1. The number of rotatable bonds is 4. The van der Waals surface area contributed by atoms with Gasteiger partial charge in [0.2, 0.25) is 0 Å². The van der Waals surface area contributed by atoms with Crippen LogP contribution in [0.25, 0.3) is 0 Å². The lowest BCUT2D eigenvalue weighted by atomic mass is 10.3. The smallest absolute Gasteiger partial charge is 0.191 e. The van der Waals surface area contributed by atoms with Crippen molar-refractivity contribution >= 4 is 29.5 Å². The Morgan fingerprint density at radius 2 is 2.32 bits per heavy atom. The summed E-state index contributed by atoms with van der Waals surface area (Å²) in [4.78, 5) is 11.0. The molecule has 0 saturated carbocycles. The molecule has 0 aromatic carbocycles. The van der Waals surface area contributed by atoms with Crippen molar-refractivity contribution in [3.63, 3.8) is 0 Å². The molecule has 2 heterocycles. The third-order valence-corrected chi connectivity index (χ3v) is 4.60. The number of hydrogen-bond donors (Lipinski definition) is 1. The lowest BCUT2D eigenvalue weighted by Crippen LogP contribution is -2.42. The fourth-order valence-corrected chi connectivity index (χ4v) is 3.41. The molecule has 1 saturated heterocycles. The molecule has 1 aliphatic heterocycles. The molecular formula is C13H20N4S2. The predicted molar refractivity (Wildman–Crippen MR) is 84.9 cm³/mol. The summed E-state index contributed by atoms with van der Waals surface area (Å²) in [7, 11) is 0. The van der Waals surface area contributed by atoms with E-state index < -0.39 is 0 Å². The number of hydrogen-bond acceptors (Lipinski definition) is 4. The van der Waals surface area contributed by atoms with Crippen LogP contribution in [-0.2, 0) is 6.54 Å². The van der Waals surface area contributed by atoms with Gasteiger partial charge in [0.25, 0.3) is 0 Å². The molecule has 1 aliphatic rings. The highest BCUT2D eigenvalue weighted by Crippen LogP contribution is 2.16. The largest absolute Gasteiger partial charge is 0.370 e. The third-order valence-electron chi connectivity index (χ3n) is 2.85. The van der Waals surface area contributed by atoms with Crippen molar-refractivity contribution in [2.45, 2.75) is 18.5 Å². The van der Waals surface area contributed by atoms with Gasteiger partial charge in [0, 0.05) is 30.8 Å². The summed E-state index contributed by atoms with van der Waals surface area (Å²) >= 11 is 3.72. The van der Waals surface area contributed by atoms with E-state index in [0.717, 1.165) is 35.4 Å². The van der Waals surface area contributed by atoms with Crippen LogP contribution in [0.2, 0.25) is 0 Å². The Morgan fingerprint density at radius 1 is 1.53 bits per heavy atom. The van der Waals surface area contributed by atoms with Gasteiger partial charge in [0.15, 0.2) is 5.96 Å². The Labute approximate surface area is 123 Å².